The maximum Gasteiger partial charge on any atom is 0.0553 e. The van der Waals surface area contributed by atoms with Crippen LogP contribution in [0.4, 0.5) is 0 Å². The first-order chi connectivity index (χ1) is 9.35. The van der Waals surface area contributed by atoms with Crippen molar-refractivity contribution in [2.45, 2.75) is 38.1 Å². The van der Waals surface area contributed by atoms with Crippen LogP contribution in [-0.2, 0) is 0 Å². The second-order valence-corrected chi connectivity index (χ2v) is 5.95. The third-order valence-electron chi connectivity index (χ3n) is 3.39. The fourth-order valence-electron chi connectivity index (χ4n) is 2.30. The van der Waals surface area contributed by atoms with Gasteiger partial charge in [-0.15, -0.1) is 17.9 Å². The average molecular weight is 274 g/mol. The van der Waals surface area contributed by atoms with Crippen molar-refractivity contribution in [2.75, 3.05) is 0 Å². The number of hydrogen-bond acceptors (Lipinski definition) is 3. The lowest BCUT2D eigenvalue weighted by atomic mass is 10.1. The molecule has 102 valence electrons. The summed E-state index contributed by atoms with van der Waals surface area (Å²) in [4.78, 5) is 1.34. The van der Waals surface area contributed by atoms with Crippen LogP contribution in [0.15, 0.2) is 43.0 Å². The van der Waals surface area contributed by atoms with E-state index in [9.17, 15) is 0 Å². The number of nitrogens with one attached hydrogen (secondary N) is 1. The Bertz CT molecular complexity index is 485. The number of hydrogen-bond donors (Lipinski definition) is 2. The highest BCUT2D eigenvalue weighted by molar-refractivity contribution is 7.19. The lowest BCUT2D eigenvalue weighted by molar-refractivity contribution is 0.490. The second-order valence-electron chi connectivity index (χ2n) is 4.83. The predicted molar refractivity (Wildman–Crippen MR) is 85.2 cm³/mol. The Morgan fingerprint density at radius 3 is 2.84 bits per heavy atom. The predicted octanol–water partition coefficient (Wildman–Crippen LogP) is 4.54. The van der Waals surface area contributed by atoms with Crippen LogP contribution >= 0.6 is 11.3 Å². The molecule has 0 bridgehead atoms. The first kappa shape index (κ1) is 14.3. The molecule has 2 nitrogen and oxygen atoms in total. The summed E-state index contributed by atoms with van der Waals surface area (Å²) in [5.74, 6) is 5.71. The Morgan fingerprint density at radius 2 is 2.11 bits per heavy atom. The summed E-state index contributed by atoms with van der Waals surface area (Å²) in [7, 11) is 0. The Balaban J connectivity index is 1.94. The molecule has 0 spiro atoms. The van der Waals surface area contributed by atoms with Gasteiger partial charge in [0.15, 0.2) is 0 Å². The molecule has 0 saturated carbocycles. The van der Waals surface area contributed by atoms with Crippen LogP contribution in [0.3, 0.4) is 0 Å². The largest absolute Gasteiger partial charge is 0.271 e. The van der Waals surface area contributed by atoms with Crippen LogP contribution in [0.1, 0.15) is 43.0 Å². The van der Waals surface area contributed by atoms with E-state index in [2.05, 4.69) is 42.3 Å². The minimum absolute atomic E-state index is 0.279. The number of nitrogens with two attached hydrogens (primary N) is 1. The van der Waals surface area contributed by atoms with Crippen molar-refractivity contribution in [3.63, 3.8) is 0 Å². The van der Waals surface area contributed by atoms with Crippen LogP contribution in [0.25, 0.3) is 10.1 Å². The molecule has 1 aromatic heterocycles. The first-order valence-corrected chi connectivity index (χ1v) is 7.72. The molecule has 0 fully saturated rings. The number of rotatable bonds is 8. The van der Waals surface area contributed by atoms with Gasteiger partial charge in [0, 0.05) is 9.58 Å². The minimum atomic E-state index is 0.279. The molecule has 0 amide bonds. The van der Waals surface area contributed by atoms with E-state index in [-0.39, 0.29) is 6.04 Å². The molecule has 0 aliphatic heterocycles. The van der Waals surface area contributed by atoms with Gasteiger partial charge in [0.05, 0.1) is 6.04 Å². The van der Waals surface area contributed by atoms with Crippen molar-refractivity contribution >= 4 is 21.4 Å². The topological polar surface area (TPSA) is 38.0 Å². The summed E-state index contributed by atoms with van der Waals surface area (Å²) in [6.07, 6.45) is 7.88. The molecule has 1 unspecified atom stereocenters. The van der Waals surface area contributed by atoms with E-state index in [1.165, 1.54) is 34.2 Å². The SMILES string of the molecule is C=CCCCCCC(NN)c1cc2ccccc2s1. The molecule has 3 heteroatoms. The zero-order chi connectivity index (χ0) is 13.5. The highest BCUT2D eigenvalue weighted by Gasteiger charge is 2.12. The van der Waals surface area contributed by atoms with Crippen molar-refractivity contribution in [3.05, 3.63) is 47.9 Å². The Hall–Kier alpha value is -1.16. The molecule has 0 saturated heterocycles. The molecule has 0 aliphatic carbocycles. The van der Waals surface area contributed by atoms with Gasteiger partial charge < -0.3 is 0 Å². The lowest BCUT2D eigenvalue weighted by Gasteiger charge is -2.13. The highest BCUT2D eigenvalue weighted by Crippen LogP contribution is 2.31. The molecular formula is C16H22N2S. The van der Waals surface area contributed by atoms with Gasteiger partial charge in [-0.2, -0.15) is 0 Å². The summed E-state index contributed by atoms with van der Waals surface area (Å²) in [5.41, 5.74) is 2.96. The van der Waals surface area contributed by atoms with Gasteiger partial charge in [0.25, 0.3) is 0 Å². The van der Waals surface area contributed by atoms with Crippen LogP contribution in [0.2, 0.25) is 0 Å². The van der Waals surface area contributed by atoms with Gasteiger partial charge in [-0.05, 0) is 36.8 Å². The van der Waals surface area contributed by atoms with E-state index in [1.807, 2.05) is 17.4 Å². The molecule has 1 heterocycles. The molecule has 0 radical (unpaired) electrons. The van der Waals surface area contributed by atoms with Gasteiger partial charge in [-0.25, -0.2) is 0 Å². The van der Waals surface area contributed by atoms with Crippen molar-refractivity contribution in [1.82, 2.24) is 5.43 Å². The third-order valence-corrected chi connectivity index (χ3v) is 4.62. The zero-order valence-corrected chi connectivity index (χ0v) is 12.1. The third kappa shape index (κ3) is 3.90. The van der Waals surface area contributed by atoms with Gasteiger partial charge in [0.1, 0.15) is 0 Å². The molecule has 0 aliphatic rings. The first-order valence-electron chi connectivity index (χ1n) is 6.90. The molecule has 2 rings (SSSR count). The normalized spacial score (nSPS) is 12.7. The van der Waals surface area contributed by atoms with Gasteiger partial charge >= 0.3 is 0 Å². The molecule has 19 heavy (non-hydrogen) atoms. The van der Waals surface area contributed by atoms with Crippen molar-refractivity contribution in [2.24, 2.45) is 5.84 Å². The van der Waals surface area contributed by atoms with Crippen molar-refractivity contribution < 1.29 is 0 Å². The van der Waals surface area contributed by atoms with Crippen LogP contribution in [0, 0.1) is 0 Å². The molecular weight excluding hydrogens is 252 g/mol. The number of unbranched alkanes of at least 4 members (excludes halogenated alkanes) is 3. The van der Waals surface area contributed by atoms with Crippen LogP contribution in [0.5, 0.6) is 0 Å². The summed E-state index contributed by atoms with van der Waals surface area (Å²) in [6.45, 7) is 3.75. The lowest BCUT2D eigenvalue weighted by Crippen LogP contribution is -2.27. The summed E-state index contributed by atoms with van der Waals surface area (Å²) in [6, 6.07) is 11.0. The van der Waals surface area contributed by atoms with Crippen LogP contribution in [-0.4, -0.2) is 0 Å². The van der Waals surface area contributed by atoms with E-state index < -0.39 is 0 Å². The zero-order valence-electron chi connectivity index (χ0n) is 11.3. The number of thiophene rings is 1. The van der Waals surface area contributed by atoms with E-state index >= 15 is 0 Å². The van der Waals surface area contributed by atoms with Gasteiger partial charge in [-0.3, -0.25) is 11.3 Å². The average Bonchev–Trinajstić information content (AvgIpc) is 2.86. The van der Waals surface area contributed by atoms with Crippen LogP contribution < -0.4 is 11.3 Å². The molecule has 1 aromatic carbocycles. The summed E-state index contributed by atoms with van der Waals surface area (Å²) < 4.78 is 1.34. The number of hydrazine groups is 1. The smallest absolute Gasteiger partial charge is 0.0553 e. The number of benzene rings is 1. The van der Waals surface area contributed by atoms with Gasteiger partial charge in [0.2, 0.25) is 0 Å². The Kier molecular flexibility index (Phi) is 5.58. The molecule has 1 atom stereocenters. The van der Waals surface area contributed by atoms with Crippen molar-refractivity contribution in [3.8, 4) is 0 Å². The minimum Gasteiger partial charge on any atom is -0.271 e. The molecule has 2 aromatic rings. The Labute approximate surface area is 119 Å². The Morgan fingerprint density at radius 1 is 1.26 bits per heavy atom. The van der Waals surface area contributed by atoms with E-state index in [0.29, 0.717) is 0 Å². The second kappa shape index (κ2) is 7.43. The number of allylic oxidation sites excluding steroid dienone is 1. The summed E-state index contributed by atoms with van der Waals surface area (Å²) in [5, 5.41) is 1.31. The standard InChI is InChI=1S/C16H22N2S/c1-2-3-4-5-6-10-14(18-17)16-12-13-9-7-8-11-15(13)19-16/h2,7-9,11-12,14,18H,1,3-6,10,17H2. The van der Waals surface area contributed by atoms with Gasteiger partial charge in [-0.1, -0.05) is 37.1 Å². The van der Waals surface area contributed by atoms with E-state index in [4.69, 9.17) is 5.84 Å². The van der Waals surface area contributed by atoms with E-state index in [0.717, 1.165) is 12.8 Å². The number of fused-ring (bicyclic) bond motifs is 1. The fraction of sp³-hybridized carbons (Fsp3) is 0.375. The molecule has 3 N–H and O–H groups in total. The quantitative estimate of drug-likeness (QED) is 0.321. The van der Waals surface area contributed by atoms with Crippen molar-refractivity contribution in [1.29, 1.82) is 0 Å². The maximum atomic E-state index is 5.71. The highest BCUT2D eigenvalue weighted by atomic mass is 32.1. The summed E-state index contributed by atoms with van der Waals surface area (Å²) >= 11 is 1.84. The maximum absolute atomic E-state index is 5.71. The fourth-order valence-corrected chi connectivity index (χ4v) is 3.46. The van der Waals surface area contributed by atoms with E-state index in [1.54, 1.807) is 0 Å². The monoisotopic (exact) mass is 274 g/mol.